The predicted molar refractivity (Wildman–Crippen MR) is 100 cm³/mol. The van der Waals surface area contributed by atoms with Crippen LogP contribution in [0.2, 0.25) is 0 Å². The second-order valence-corrected chi connectivity index (χ2v) is 5.24. The highest BCUT2D eigenvalue weighted by Gasteiger charge is 2.18. The lowest BCUT2D eigenvalue weighted by molar-refractivity contribution is 0.414. The quantitative estimate of drug-likeness (QED) is 0.665. The molecule has 26 heavy (non-hydrogen) atoms. The maximum absolute atomic E-state index is 12.2. The molecule has 0 radical (unpaired) electrons. The molecule has 3 aromatic rings. The summed E-state index contributed by atoms with van der Waals surface area (Å²) in [5.74, 6) is 0.689. The number of aromatic nitrogens is 3. The second kappa shape index (κ2) is 8.24. The molecule has 1 heterocycles. The van der Waals surface area contributed by atoms with E-state index in [1.807, 2.05) is 20.8 Å². The van der Waals surface area contributed by atoms with Gasteiger partial charge in [-0.25, -0.2) is 14.5 Å². The molecule has 0 bridgehead atoms. The van der Waals surface area contributed by atoms with Crippen LogP contribution in [0.5, 0.6) is 17.2 Å². The molecule has 0 aliphatic rings. The van der Waals surface area contributed by atoms with Crippen molar-refractivity contribution in [2.24, 2.45) is 0 Å². The molecular weight excluding hydrogens is 334 g/mol. The molecule has 0 fully saturated rings. The summed E-state index contributed by atoms with van der Waals surface area (Å²) in [6, 6.07) is 9.83. The van der Waals surface area contributed by atoms with Gasteiger partial charge in [0.15, 0.2) is 5.82 Å². The van der Waals surface area contributed by atoms with Gasteiger partial charge in [0.2, 0.25) is 0 Å². The zero-order valence-electron chi connectivity index (χ0n) is 15.3. The fourth-order valence-electron chi connectivity index (χ4n) is 2.55. The molecule has 0 saturated carbocycles. The standard InChI is InChI=1S/C17H17N3O4.C2H6/c1-3-10-7-13(15(22)9-14(10)21)16-18-19-17(23)20(16)11-5-4-6-12(8-11)24-2;1-2/h4-9,21-22H,3H2,1-2H3,(H,19,23);1-2H3. The van der Waals surface area contributed by atoms with Crippen LogP contribution >= 0.6 is 0 Å². The highest BCUT2D eigenvalue weighted by molar-refractivity contribution is 5.68. The average molecular weight is 357 g/mol. The number of ether oxygens (including phenoxy) is 1. The van der Waals surface area contributed by atoms with E-state index in [4.69, 9.17) is 4.74 Å². The number of benzene rings is 2. The van der Waals surface area contributed by atoms with Crippen molar-refractivity contribution < 1.29 is 14.9 Å². The van der Waals surface area contributed by atoms with Crippen LogP contribution in [-0.2, 0) is 6.42 Å². The molecule has 0 saturated heterocycles. The lowest BCUT2D eigenvalue weighted by atomic mass is 10.1. The first-order valence-corrected chi connectivity index (χ1v) is 8.42. The molecule has 3 N–H and O–H groups in total. The molecule has 7 heteroatoms. The Hall–Kier alpha value is -3.22. The van der Waals surface area contributed by atoms with E-state index in [0.717, 1.165) is 0 Å². The van der Waals surface area contributed by atoms with E-state index in [0.29, 0.717) is 29.0 Å². The van der Waals surface area contributed by atoms with Crippen LogP contribution in [0.25, 0.3) is 17.1 Å². The number of nitrogens with zero attached hydrogens (tertiary/aromatic N) is 2. The Morgan fingerprint density at radius 1 is 1.15 bits per heavy atom. The summed E-state index contributed by atoms with van der Waals surface area (Å²) in [4.78, 5) is 12.2. The number of phenols is 2. The monoisotopic (exact) mass is 357 g/mol. The van der Waals surface area contributed by atoms with E-state index in [-0.39, 0.29) is 17.3 Å². The maximum atomic E-state index is 12.2. The summed E-state index contributed by atoms with van der Waals surface area (Å²) >= 11 is 0. The molecule has 1 aromatic heterocycles. The largest absolute Gasteiger partial charge is 0.508 e. The molecule has 0 unspecified atom stereocenters. The van der Waals surface area contributed by atoms with Crippen molar-refractivity contribution in [3.8, 4) is 34.3 Å². The van der Waals surface area contributed by atoms with Crippen LogP contribution in [0.3, 0.4) is 0 Å². The number of H-pyrrole nitrogens is 1. The molecule has 0 amide bonds. The summed E-state index contributed by atoms with van der Waals surface area (Å²) in [5.41, 5.74) is 1.11. The van der Waals surface area contributed by atoms with Crippen molar-refractivity contribution in [2.75, 3.05) is 7.11 Å². The molecule has 0 spiro atoms. The summed E-state index contributed by atoms with van der Waals surface area (Å²) < 4.78 is 6.53. The van der Waals surface area contributed by atoms with Gasteiger partial charge in [0.25, 0.3) is 0 Å². The van der Waals surface area contributed by atoms with E-state index >= 15 is 0 Å². The van der Waals surface area contributed by atoms with E-state index < -0.39 is 5.69 Å². The molecule has 0 aliphatic heterocycles. The Morgan fingerprint density at radius 3 is 2.54 bits per heavy atom. The first-order chi connectivity index (χ1) is 12.5. The predicted octanol–water partition coefficient (Wildman–Crippen LogP) is 3.24. The molecule has 0 atom stereocenters. The molecular formula is C19H23N3O4. The van der Waals surface area contributed by atoms with Gasteiger partial charge in [0, 0.05) is 12.1 Å². The Morgan fingerprint density at radius 2 is 1.88 bits per heavy atom. The Balaban J connectivity index is 0.00000117. The topological polar surface area (TPSA) is 100 Å². The number of hydrogen-bond acceptors (Lipinski definition) is 5. The van der Waals surface area contributed by atoms with Crippen LogP contribution in [0.4, 0.5) is 0 Å². The van der Waals surface area contributed by atoms with E-state index in [1.54, 1.807) is 30.3 Å². The van der Waals surface area contributed by atoms with Crippen LogP contribution < -0.4 is 10.4 Å². The number of phenolic OH excluding ortho intramolecular Hbond substituents is 2. The lowest BCUT2D eigenvalue weighted by Crippen LogP contribution is -2.15. The first-order valence-electron chi connectivity index (χ1n) is 8.42. The van der Waals surface area contributed by atoms with Gasteiger partial charge in [-0.2, -0.15) is 5.10 Å². The van der Waals surface area contributed by atoms with E-state index in [9.17, 15) is 15.0 Å². The van der Waals surface area contributed by atoms with Crippen molar-refractivity contribution in [2.45, 2.75) is 27.2 Å². The van der Waals surface area contributed by atoms with Crippen LogP contribution in [0, 0.1) is 0 Å². The third kappa shape index (κ3) is 3.56. The number of rotatable bonds is 4. The zero-order valence-corrected chi connectivity index (χ0v) is 15.3. The molecule has 7 nitrogen and oxygen atoms in total. The van der Waals surface area contributed by atoms with Gasteiger partial charge in [-0.15, -0.1) is 0 Å². The Labute approximate surface area is 151 Å². The smallest absolute Gasteiger partial charge is 0.348 e. The minimum Gasteiger partial charge on any atom is -0.508 e. The maximum Gasteiger partial charge on any atom is 0.348 e. The molecule has 2 aromatic carbocycles. The van der Waals surface area contributed by atoms with Crippen molar-refractivity contribution in [1.82, 2.24) is 14.8 Å². The van der Waals surface area contributed by atoms with Crippen molar-refractivity contribution >= 4 is 0 Å². The number of methoxy groups -OCH3 is 1. The van der Waals surface area contributed by atoms with Crippen LogP contribution in [-0.4, -0.2) is 32.1 Å². The molecule has 0 aliphatic carbocycles. The molecule has 3 rings (SSSR count). The normalized spacial score (nSPS) is 10.2. The van der Waals surface area contributed by atoms with Gasteiger partial charge in [-0.05, 0) is 30.2 Å². The highest BCUT2D eigenvalue weighted by atomic mass is 16.5. The van der Waals surface area contributed by atoms with E-state index in [1.165, 1.54) is 17.7 Å². The summed E-state index contributed by atoms with van der Waals surface area (Å²) in [7, 11) is 1.54. The minimum absolute atomic E-state index is 0.00423. The van der Waals surface area contributed by atoms with E-state index in [2.05, 4.69) is 10.2 Å². The van der Waals surface area contributed by atoms with Gasteiger partial charge in [0.05, 0.1) is 18.4 Å². The summed E-state index contributed by atoms with van der Waals surface area (Å²) in [6.07, 6.45) is 0.576. The number of nitrogens with one attached hydrogen (secondary N) is 1. The number of aromatic hydroxyl groups is 2. The average Bonchev–Trinajstić information content (AvgIpc) is 3.05. The Bertz CT molecular complexity index is 944. The Kier molecular flexibility index (Phi) is 6.06. The summed E-state index contributed by atoms with van der Waals surface area (Å²) in [5, 5.41) is 26.5. The van der Waals surface area contributed by atoms with Gasteiger partial charge in [-0.1, -0.05) is 26.8 Å². The number of hydrogen-bond donors (Lipinski definition) is 3. The number of aromatic amines is 1. The lowest BCUT2D eigenvalue weighted by Gasteiger charge is -2.11. The minimum atomic E-state index is -0.441. The van der Waals surface area contributed by atoms with Crippen LogP contribution in [0.15, 0.2) is 41.2 Å². The first kappa shape index (κ1) is 19.1. The number of aryl methyl sites for hydroxylation is 1. The summed E-state index contributed by atoms with van der Waals surface area (Å²) in [6.45, 7) is 5.88. The zero-order chi connectivity index (χ0) is 19.3. The van der Waals surface area contributed by atoms with Gasteiger partial charge in [0.1, 0.15) is 17.2 Å². The third-order valence-corrected chi connectivity index (χ3v) is 3.80. The highest BCUT2D eigenvalue weighted by Crippen LogP contribution is 2.34. The van der Waals surface area contributed by atoms with Crippen LogP contribution in [0.1, 0.15) is 26.3 Å². The third-order valence-electron chi connectivity index (χ3n) is 3.80. The fraction of sp³-hybridized carbons (Fsp3) is 0.263. The SMILES string of the molecule is CC.CCc1cc(-c2n[nH]c(=O)n2-c2cccc(OC)c2)c(O)cc1O. The van der Waals surface area contributed by atoms with Crippen molar-refractivity contribution in [3.63, 3.8) is 0 Å². The van der Waals surface area contributed by atoms with Crippen molar-refractivity contribution in [3.05, 3.63) is 52.4 Å². The van der Waals surface area contributed by atoms with Crippen molar-refractivity contribution in [1.29, 1.82) is 0 Å². The van der Waals surface area contributed by atoms with Gasteiger partial charge < -0.3 is 14.9 Å². The molecule has 138 valence electrons. The van der Waals surface area contributed by atoms with Gasteiger partial charge in [-0.3, -0.25) is 0 Å². The second-order valence-electron chi connectivity index (χ2n) is 5.24. The van der Waals surface area contributed by atoms with Gasteiger partial charge >= 0.3 is 5.69 Å². The fourth-order valence-corrected chi connectivity index (χ4v) is 2.55.